The number of nitrogens with zero attached hydrogens (tertiary/aromatic N) is 3. The van der Waals surface area contributed by atoms with Gasteiger partial charge in [0.1, 0.15) is 5.82 Å². The first-order chi connectivity index (χ1) is 8.27. The number of ether oxygens (including phenoxy) is 1. The number of hydrogen-bond donors (Lipinski definition) is 1. The number of nitrogens with one attached hydrogen (secondary N) is 1. The second-order valence-electron chi connectivity index (χ2n) is 4.85. The fourth-order valence-electron chi connectivity index (χ4n) is 2.77. The van der Waals surface area contributed by atoms with Crippen LogP contribution < -0.4 is 5.32 Å². The van der Waals surface area contributed by atoms with Gasteiger partial charge < -0.3 is 14.6 Å². The summed E-state index contributed by atoms with van der Waals surface area (Å²) in [6, 6.07) is 0.419. The average molecular weight is 236 g/mol. The number of hydrogen-bond acceptors (Lipinski definition) is 4. The Balaban J connectivity index is 1.90. The Hall–Kier alpha value is -0.910. The lowest BCUT2D eigenvalue weighted by atomic mass is 10.1. The molecule has 2 aliphatic heterocycles. The molecule has 5 heteroatoms. The van der Waals surface area contributed by atoms with Gasteiger partial charge in [-0.05, 0) is 6.92 Å². The molecule has 0 aliphatic carbocycles. The summed E-state index contributed by atoms with van der Waals surface area (Å²) in [6.07, 6.45) is 0. The van der Waals surface area contributed by atoms with Gasteiger partial charge in [-0.15, -0.1) is 0 Å². The van der Waals surface area contributed by atoms with E-state index < -0.39 is 0 Å². The summed E-state index contributed by atoms with van der Waals surface area (Å²) in [5, 5.41) is 3.50. The number of imidazole rings is 1. The SMILES string of the molecule is Cc1nc2c(n1C)CNCC2N1CCOCC1. The van der Waals surface area contributed by atoms with Crippen molar-refractivity contribution in [2.45, 2.75) is 19.5 Å². The van der Waals surface area contributed by atoms with Crippen molar-refractivity contribution < 1.29 is 4.74 Å². The Labute approximate surface area is 102 Å². The van der Waals surface area contributed by atoms with Crippen LogP contribution in [0.4, 0.5) is 0 Å². The number of aryl methyl sites for hydroxylation is 1. The molecule has 17 heavy (non-hydrogen) atoms. The van der Waals surface area contributed by atoms with Crippen molar-refractivity contribution in [1.29, 1.82) is 0 Å². The maximum absolute atomic E-state index is 5.42. The van der Waals surface area contributed by atoms with Crippen molar-refractivity contribution in [3.8, 4) is 0 Å². The summed E-state index contributed by atoms with van der Waals surface area (Å²) in [5.74, 6) is 1.11. The topological polar surface area (TPSA) is 42.3 Å². The van der Waals surface area contributed by atoms with Crippen LogP contribution in [0, 0.1) is 6.92 Å². The monoisotopic (exact) mass is 236 g/mol. The van der Waals surface area contributed by atoms with Crippen molar-refractivity contribution in [2.75, 3.05) is 32.8 Å². The van der Waals surface area contributed by atoms with E-state index in [9.17, 15) is 0 Å². The van der Waals surface area contributed by atoms with Crippen molar-refractivity contribution in [3.05, 3.63) is 17.2 Å². The van der Waals surface area contributed by atoms with Crippen LogP contribution in [0.1, 0.15) is 23.3 Å². The van der Waals surface area contributed by atoms with E-state index >= 15 is 0 Å². The second kappa shape index (κ2) is 4.40. The first-order valence-electron chi connectivity index (χ1n) is 6.32. The van der Waals surface area contributed by atoms with Gasteiger partial charge in [0.2, 0.25) is 0 Å². The molecule has 1 aromatic heterocycles. The molecule has 3 rings (SSSR count). The molecule has 1 N–H and O–H groups in total. The third-order valence-electron chi connectivity index (χ3n) is 3.90. The van der Waals surface area contributed by atoms with Gasteiger partial charge in [-0.2, -0.15) is 0 Å². The first-order valence-corrected chi connectivity index (χ1v) is 6.32. The van der Waals surface area contributed by atoms with Crippen LogP contribution in [0.15, 0.2) is 0 Å². The molecule has 2 aliphatic rings. The molecule has 0 spiro atoms. The molecule has 0 radical (unpaired) electrons. The molecule has 0 aromatic carbocycles. The molecule has 1 unspecified atom stereocenters. The zero-order valence-corrected chi connectivity index (χ0v) is 10.6. The van der Waals surface area contributed by atoms with Crippen LogP contribution in [0.2, 0.25) is 0 Å². The molecule has 1 saturated heterocycles. The Morgan fingerprint density at radius 2 is 2.12 bits per heavy atom. The van der Waals surface area contributed by atoms with Gasteiger partial charge in [-0.1, -0.05) is 0 Å². The van der Waals surface area contributed by atoms with E-state index in [2.05, 4.69) is 28.8 Å². The Morgan fingerprint density at radius 3 is 2.88 bits per heavy atom. The minimum atomic E-state index is 0.419. The molecule has 1 aromatic rings. The van der Waals surface area contributed by atoms with Crippen LogP contribution >= 0.6 is 0 Å². The molecule has 0 bridgehead atoms. The smallest absolute Gasteiger partial charge is 0.105 e. The standard InChI is InChI=1S/C12H20N4O/c1-9-14-12-10(15(9)2)7-13-8-11(12)16-3-5-17-6-4-16/h11,13H,3-8H2,1-2H3. The first kappa shape index (κ1) is 11.2. The molecule has 0 amide bonds. The van der Waals surface area contributed by atoms with Crippen molar-refractivity contribution in [3.63, 3.8) is 0 Å². The summed E-state index contributed by atoms with van der Waals surface area (Å²) in [4.78, 5) is 7.23. The highest BCUT2D eigenvalue weighted by atomic mass is 16.5. The zero-order chi connectivity index (χ0) is 11.8. The van der Waals surface area contributed by atoms with Gasteiger partial charge in [-0.3, -0.25) is 4.90 Å². The molecular weight excluding hydrogens is 216 g/mol. The molecule has 1 atom stereocenters. The van der Waals surface area contributed by atoms with E-state index in [0.29, 0.717) is 6.04 Å². The van der Waals surface area contributed by atoms with Gasteiger partial charge in [0, 0.05) is 33.2 Å². The number of rotatable bonds is 1. The molecule has 94 valence electrons. The minimum Gasteiger partial charge on any atom is -0.379 e. The van der Waals surface area contributed by atoms with E-state index in [4.69, 9.17) is 9.72 Å². The molecular formula is C12H20N4O. The second-order valence-corrected chi connectivity index (χ2v) is 4.85. The summed E-state index contributed by atoms with van der Waals surface area (Å²) in [6.45, 7) is 7.74. The predicted molar refractivity (Wildman–Crippen MR) is 64.8 cm³/mol. The summed E-state index contributed by atoms with van der Waals surface area (Å²) >= 11 is 0. The lowest BCUT2D eigenvalue weighted by molar-refractivity contribution is 0.0136. The maximum atomic E-state index is 5.42. The normalized spacial score (nSPS) is 25.9. The van der Waals surface area contributed by atoms with E-state index in [1.165, 1.54) is 11.4 Å². The molecule has 5 nitrogen and oxygen atoms in total. The summed E-state index contributed by atoms with van der Waals surface area (Å²) in [7, 11) is 2.10. The highest BCUT2D eigenvalue weighted by Gasteiger charge is 2.30. The summed E-state index contributed by atoms with van der Waals surface area (Å²) in [5.41, 5.74) is 2.61. The van der Waals surface area contributed by atoms with Gasteiger partial charge in [0.15, 0.2) is 0 Å². The van der Waals surface area contributed by atoms with Gasteiger partial charge in [0.05, 0.1) is 30.6 Å². The third kappa shape index (κ3) is 1.88. The van der Waals surface area contributed by atoms with Crippen LogP contribution in [-0.2, 0) is 18.3 Å². The number of fused-ring (bicyclic) bond motifs is 1. The number of morpholine rings is 1. The molecule has 0 saturated carbocycles. The van der Waals surface area contributed by atoms with Crippen molar-refractivity contribution in [2.24, 2.45) is 7.05 Å². The van der Waals surface area contributed by atoms with Crippen molar-refractivity contribution >= 4 is 0 Å². The molecule has 1 fully saturated rings. The predicted octanol–water partition coefficient (Wildman–Crippen LogP) is 0.205. The van der Waals surface area contributed by atoms with Crippen molar-refractivity contribution in [1.82, 2.24) is 19.8 Å². The van der Waals surface area contributed by atoms with E-state index in [-0.39, 0.29) is 0 Å². The lowest BCUT2D eigenvalue weighted by Gasteiger charge is -2.36. The zero-order valence-electron chi connectivity index (χ0n) is 10.6. The Kier molecular flexibility index (Phi) is 2.90. The Morgan fingerprint density at radius 1 is 1.35 bits per heavy atom. The number of aromatic nitrogens is 2. The lowest BCUT2D eigenvalue weighted by Crippen LogP contribution is -2.45. The van der Waals surface area contributed by atoms with Gasteiger partial charge >= 0.3 is 0 Å². The highest BCUT2D eigenvalue weighted by Crippen LogP contribution is 2.27. The summed E-state index contributed by atoms with van der Waals surface area (Å²) < 4.78 is 7.62. The quantitative estimate of drug-likeness (QED) is 0.756. The maximum Gasteiger partial charge on any atom is 0.105 e. The van der Waals surface area contributed by atoms with Crippen LogP contribution in [0.25, 0.3) is 0 Å². The minimum absolute atomic E-state index is 0.419. The Bertz CT molecular complexity index is 409. The third-order valence-corrected chi connectivity index (χ3v) is 3.90. The van der Waals surface area contributed by atoms with Crippen LogP contribution in [-0.4, -0.2) is 47.3 Å². The van der Waals surface area contributed by atoms with Crippen LogP contribution in [0.3, 0.4) is 0 Å². The van der Waals surface area contributed by atoms with Gasteiger partial charge in [-0.25, -0.2) is 4.98 Å². The highest BCUT2D eigenvalue weighted by molar-refractivity contribution is 5.23. The fraction of sp³-hybridized carbons (Fsp3) is 0.750. The largest absolute Gasteiger partial charge is 0.379 e. The van der Waals surface area contributed by atoms with E-state index in [1.807, 2.05) is 0 Å². The average Bonchev–Trinajstić information content (AvgIpc) is 2.67. The van der Waals surface area contributed by atoms with Gasteiger partial charge in [0.25, 0.3) is 0 Å². The molecule has 3 heterocycles. The fourth-order valence-corrected chi connectivity index (χ4v) is 2.77. The van der Waals surface area contributed by atoms with Crippen LogP contribution in [0.5, 0.6) is 0 Å². The van der Waals surface area contributed by atoms with E-state index in [0.717, 1.165) is 45.2 Å². The van der Waals surface area contributed by atoms with E-state index in [1.54, 1.807) is 0 Å².